The van der Waals surface area contributed by atoms with Crippen LogP contribution in [-0.2, 0) is 11.2 Å². The summed E-state index contributed by atoms with van der Waals surface area (Å²) in [5, 5.41) is 3.29. The lowest BCUT2D eigenvalue weighted by atomic mass is 10.1. The molecule has 0 spiro atoms. The van der Waals surface area contributed by atoms with Crippen molar-refractivity contribution in [3.63, 3.8) is 0 Å². The standard InChI is InChI=1S/C20H24F3N5O2/c1-13-10-17(27(2)3)26-19(24-13)25-15-8-9-28(12-15)18(29)11-14-4-6-16(7-5-14)30-20(21,22)23/h4-7,10,15H,8-9,11-12H2,1-3H3,(H,24,25,26). The van der Waals surface area contributed by atoms with Gasteiger partial charge in [-0.3, -0.25) is 4.79 Å². The molecule has 2 aromatic rings. The Bertz CT molecular complexity index is 887. The maximum Gasteiger partial charge on any atom is 0.573 e. The minimum Gasteiger partial charge on any atom is -0.406 e. The Hall–Kier alpha value is -3.04. The van der Waals surface area contributed by atoms with Crippen molar-refractivity contribution < 1.29 is 22.7 Å². The summed E-state index contributed by atoms with van der Waals surface area (Å²) in [4.78, 5) is 25.1. The third-order valence-corrected chi connectivity index (χ3v) is 4.69. The monoisotopic (exact) mass is 423 g/mol. The zero-order valence-corrected chi connectivity index (χ0v) is 17.0. The summed E-state index contributed by atoms with van der Waals surface area (Å²) >= 11 is 0. The molecule has 10 heteroatoms. The molecule has 1 aliphatic heterocycles. The van der Waals surface area contributed by atoms with E-state index in [0.717, 1.165) is 17.9 Å². The highest BCUT2D eigenvalue weighted by Crippen LogP contribution is 2.23. The number of aromatic nitrogens is 2. The van der Waals surface area contributed by atoms with Crippen molar-refractivity contribution in [3.05, 3.63) is 41.6 Å². The second kappa shape index (κ2) is 8.76. The van der Waals surface area contributed by atoms with E-state index in [4.69, 9.17) is 0 Å². The van der Waals surface area contributed by atoms with Gasteiger partial charge in [0.25, 0.3) is 0 Å². The van der Waals surface area contributed by atoms with Gasteiger partial charge in [-0.25, -0.2) is 4.98 Å². The smallest absolute Gasteiger partial charge is 0.406 e. The van der Waals surface area contributed by atoms with Crippen LogP contribution in [0.5, 0.6) is 5.75 Å². The zero-order chi connectivity index (χ0) is 21.9. The van der Waals surface area contributed by atoms with Crippen molar-refractivity contribution in [2.75, 3.05) is 37.4 Å². The van der Waals surface area contributed by atoms with Crippen LogP contribution in [-0.4, -0.2) is 60.4 Å². The predicted molar refractivity (Wildman–Crippen MR) is 107 cm³/mol. The number of ether oxygens (including phenoxy) is 1. The van der Waals surface area contributed by atoms with Crippen molar-refractivity contribution in [2.24, 2.45) is 0 Å². The molecule has 1 amide bonds. The molecule has 1 fully saturated rings. The number of carbonyl (C=O) groups excluding carboxylic acids is 1. The van der Waals surface area contributed by atoms with E-state index < -0.39 is 6.36 Å². The fraction of sp³-hybridized carbons (Fsp3) is 0.450. The van der Waals surface area contributed by atoms with E-state index in [1.54, 1.807) is 4.90 Å². The minimum absolute atomic E-state index is 0.0355. The van der Waals surface area contributed by atoms with Crippen LogP contribution in [0.1, 0.15) is 17.7 Å². The highest BCUT2D eigenvalue weighted by molar-refractivity contribution is 5.79. The predicted octanol–water partition coefficient (Wildman–Crippen LogP) is 3.01. The molecule has 1 aromatic heterocycles. The van der Waals surface area contributed by atoms with Gasteiger partial charge in [-0.2, -0.15) is 4.98 Å². The van der Waals surface area contributed by atoms with Crippen molar-refractivity contribution in [1.29, 1.82) is 0 Å². The van der Waals surface area contributed by atoms with Gasteiger partial charge < -0.3 is 19.9 Å². The van der Waals surface area contributed by atoms with E-state index in [9.17, 15) is 18.0 Å². The normalized spacial score (nSPS) is 16.5. The lowest BCUT2D eigenvalue weighted by molar-refractivity contribution is -0.274. The molecule has 1 aliphatic rings. The number of hydrogen-bond acceptors (Lipinski definition) is 6. The number of aryl methyl sites for hydroxylation is 1. The van der Waals surface area contributed by atoms with Crippen LogP contribution in [0.3, 0.4) is 0 Å². The Morgan fingerprint density at radius 3 is 2.60 bits per heavy atom. The van der Waals surface area contributed by atoms with Gasteiger partial charge in [0.2, 0.25) is 11.9 Å². The molecular formula is C20H24F3N5O2. The summed E-state index contributed by atoms with van der Waals surface area (Å²) < 4.78 is 40.5. The van der Waals surface area contributed by atoms with E-state index in [1.807, 2.05) is 32.0 Å². The van der Waals surface area contributed by atoms with Crippen LogP contribution in [0, 0.1) is 6.92 Å². The Morgan fingerprint density at radius 2 is 1.97 bits per heavy atom. The average molecular weight is 423 g/mol. The SMILES string of the molecule is Cc1cc(N(C)C)nc(NC2CCN(C(=O)Cc3ccc(OC(F)(F)F)cc3)C2)n1. The third-order valence-electron chi connectivity index (χ3n) is 4.69. The average Bonchev–Trinajstić information content (AvgIpc) is 3.10. The van der Waals surface area contributed by atoms with Gasteiger partial charge in [0.1, 0.15) is 11.6 Å². The van der Waals surface area contributed by atoms with Crippen LogP contribution in [0.4, 0.5) is 24.9 Å². The van der Waals surface area contributed by atoms with Gasteiger partial charge in [-0.15, -0.1) is 13.2 Å². The molecule has 1 unspecified atom stereocenters. The van der Waals surface area contributed by atoms with Crippen molar-refractivity contribution in [3.8, 4) is 5.75 Å². The molecule has 1 atom stereocenters. The molecular weight excluding hydrogens is 399 g/mol. The van der Waals surface area contributed by atoms with Gasteiger partial charge in [0.15, 0.2) is 0 Å². The number of carbonyl (C=O) groups is 1. The first kappa shape index (κ1) is 21.7. The number of benzene rings is 1. The first-order valence-electron chi connectivity index (χ1n) is 9.51. The summed E-state index contributed by atoms with van der Waals surface area (Å²) in [6.07, 6.45) is -3.85. The maximum absolute atomic E-state index is 12.6. The molecule has 2 heterocycles. The highest BCUT2D eigenvalue weighted by atomic mass is 19.4. The van der Waals surface area contributed by atoms with Gasteiger partial charge in [0.05, 0.1) is 6.42 Å². The summed E-state index contributed by atoms with van der Waals surface area (Å²) in [5.74, 6) is 0.939. The number of anilines is 2. The Labute approximate surface area is 172 Å². The second-order valence-electron chi connectivity index (χ2n) is 7.42. The summed E-state index contributed by atoms with van der Waals surface area (Å²) in [6, 6.07) is 7.28. The van der Waals surface area contributed by atoms with Crippen LogP contribution < -0.4 is 15.0 Å². The van der Waals surface area contributed by atoms with Crippen LogP contribution >= 0.6 is 0 Å². The lowest BCUT2D eigenvalue weighted by Crippen LogP contribution is -2.33. The topological polar surface area (TPSA) is 70.6 Å². The number of nitrogens with one attached hydrogen (secondary N) is 1. The number of hydrogen-bond donors (Lipinski definition) is 1. The van der Waals surface area contributed by atoms with Crippen LogP contribution in [0.25, 0.3) is 0 Å². The van der Waals surface area contributed by atoms with E-state index in [1.165, 1.54) is 24.3 Å². The van der Waals surface area contributed by atoms with Crippen molar-refractivity contribution in [2.45, 2.75) is 32.2 Å². The molecule has 0 radical (unpaired) electrons. The Kier molecular flexibility index (Phi) is 6.33. The van der Waals surface area contributed by atoms with Crippen molar-refractivity contribution >= 4 is 17.7 Å². The number of halogens is 3. The first-order chi connectivity index (χ1) is 14.1. The van der Waals surface area contributed by atoms with E-state index in [2.05, 4.69) is 20.0 Å². The van der Waals surface area contributed by atoms with Crippen molar-refractivity contribution in [1.82, 2.24) is 14.9 Å². The fourth-order valence-electron chi connectivity index (χ4n) is 3.23. The van der Waals surface area contributed by atoms with Gasteiger partial charge in [0, 0.05) is 45.0 Å². The zero-order valence-electron chi connectivity index (χ0n) is 17.0. The quantitative estimate of drug-likeness (QED) is 0.770. The molecule has 1 aromatic carbocycles. The van der Waals surface area contributed by atoms with Crippen LogP contribution in [0.2, 0.25) is 0 Å². The number of nitrogens with zero attached hydrogens (tertiary/aromatic N) is 4. The van der Waals surface area contributed by atoms with Crippen LogP contribution in [0.15, 0.2) is 30.3 Å². The third kappa shape index (κ3) is 5.98. The van der Waals surface area contributed by atoms with E-state index in [-0.39, 0.29) is 24.1 Å². The van der Waals surface area contributed by atoms with E-state index in [0.29, 0.717) is 24.6 Å². The van der Waals surface area contributed by atoms with Gasteiger partial charge in [-0.05, 0) is 31.0 Å². The molecule has 3 rings (SSSR count). The number of amides is 1. The maximum atomic E-state index is 12.6. The first-order valence-corrected chi connectivity index (χ1v) is 9.51. The van der Waals surface area contributed by atoms with Gasteiger partial charge in [-0.1, -0.05) is 12.1 Å². The van der Waals surface area contributed by atoms with Gasteiger partial charge >= 0.3 is 6.36 Å². The number of alkyl halides is 3. The van der Waals surface area contributed by atoms with E-state index >= 15 is 0 Å². The largest absolute Gasteiger partial charge is 0.573 e. The molecule has 30 heavy (non-hydrogen) atoms. The Balaban J connectivity index is 1.54. The molecule has 1 saturated heterocycles. The highest BCUT2D eigenvalue weighted by Gasteiger charge is 2.31. The summed E-state index contributed by atoms with van der Waals surface area (Å²) in [5.41, 5.74) is 1.48. The molecule has 7 nitrogen and oxygen atoms in total. The molecule has 0 bridgehead atoms. The molecule has 1 N–H and O–H groups in total. The number of likely N-dealkylation sites (tertiary alicyclic amines) is 1. The summed E-state index contributed by atoms with van der Waals surface area (Å²) in [6.45, 7) is 3.01. The minimum atomic E-state index is -4.73. The lowest BCUT2D eigenvalue weighted by Gasteiger charge is -2.18. The summed E-state index contributed by atoms with van der Waals surface area (Å²) in [7, 11) is 3.81. The molecule has 162 valence electrons. The second-order valence-corrected chi connectivity index (χ2v) is 7.42. The fourth-order valence-corrected chi connectivity index (χ4v) is 3.23. The molecule has 0 aliphatic carbocycles. The molecule has 0 saturated carbocycles. The number of rotatable bonds is 6. The Morgan fingerprint density at radius 1 is 1.27 bits per heavy atom.